The molecule has 0 bridgehead atoms. The van der Waals surface area contributed by atoms with Gasteiger partial charge in [-0.3, -0.25) is 9.36 Å². The molecule has 1 amide bonds. The summed E-state index contributed by atoms with van der Waals surface area (Å²) >= 11 is 1.25. The number of hydrogen-bond acceptors (Lipinski definition) is 7. The molecule has 36 heavy (non-hydrogen) atoms. The van der Waals surface area contributed by atoms with Crippen LogP contribution < -0.4 is 10.1 Å². The average Bonchev–Trinajstić information content (AvgIpc) is 3.54. The van der Waals surface area contributed by atoms with Crippen LogP contribution in [-0.2, 0) is 21.4 Å². The number of carbonyl (C=O) groups is 1. The summed E-state index contributed by atoms with van der Waals surface area (Å²) in [7, 11) is -2.06. The van der Waals surface area contributed by atoms with Gasteiger partial charge in [-0.2, -0.15) is 4.31 Å². The fraction of sp³-hybridized carbons (Fsp3) is 0.280. The lowest BCUT2D eigenvalue weighted by atomic mass is 10.2. The molecule has 0 aliphatic rings. The van der Waals surface area contributed by atoms with Crippen molar-refractivity contribution in [3.05, 3.63) is 66.6 Å². The zero-order valence-corrected chi connectivity index (χ0v) is 21.9. The second-order valence-corrected chi connectivity index (χ2v) is 10.7. The highest BCUT2D eigenvalue weighted by Crippen LogP contribution is 2.33. The highest BCUT2D eigenvalue weighted by molar-refractivity contribution is 7.99. The maximum Gasteiger partial charge on any atom is 0.243 e. The molecular formula is C25H28N4O5S2. The molecule has 0 aliphatic heterocycles. The molecule has 2 aromatic carbocycles. The predicted octanol–water partition coefficient (Wildman–Crippen LogP) is 4.07. The largest absolute Gasteiger partial charge is 0.495 e. The van der Waals surface area contributed by atoms with Crippen LogP contribution in [0.25, 0.3) is 16.7 Å². The van der Waals surface area contributed by atoms with E-state index in [1.54, 1.807) is 43.7 Å². The van der Waals surface area contributed by atoms with E-state index in [0.29, 0.717) is 47.3 Å². The van der Waals surface area contributed by atoms with Crippen LogP contribution in [0.15, 0.2) is 75.3 Å². The lowest BCUT2D eigenvalue weighted by molar-refractivity contribution is -0.118. The Morgan fingerprint density at radius 1 is 1.14 bits per heavy atom. The molecule has 0 fully saturated rings. The van der Waals surface area contributed by atoms with Gasteiger partial charge in [0.25, 0.3) is 0 Å². The molecule has 9 nitrogen and oxygen atoms in total. The van der Waals surface area contributed by atoms with Gasteiger partial charge in [0.2, 0.25) is 15.9 Å². The van der Waals surface area contributed by atoms with Gasteiger partial charge >= 0.3 is 0 Å². The third-order valence-electron chi connectivity index (χ3n) is 5.64. The molecule has 0 aliphatic carbocycles. The minimum Gasteiger partial charge on any atom is -0.495 e. The van der Waals surface area contributed by atoms with E-state index in [0.717, 1.165) is 5.69 Å². The third kappa shape index (κ3) is 5.28. The first-order chi connectivity index (χ1) is 17.4. The summed E-state index contributed by atoms with van der Waals surface area (Å²) in [6.45, 7) is 4.66. The lowest BCUT2D eigenvalue weighted by Crippen LogP contribution is -2.30. The number of furan rings is 1. The fourth-order valence-corrected chi connectivity index (χ4v) is 6.16. The van der Waals surface area contributed by atoms with E-state index >= 15 is 0 Å². The van der Waals surface area contributed by atoms with Crippen molar-refractivity contribution >= 4 is 38.7 Å². The Hall–Kier alpha value is -3.28. The quantitative estimate of drug-likeness (QED) is 0.293. The maximum absolute atomic E-state index is 13.1. The van der Waals surface area contributed by atoms with Crippen LogP contribution in [-0.4, -0.2) is 54.1 Å². The number of carbonyl (C=O) groups excluding carboxylic acids is 1. The Bertz CT molecular complexity index is 1440. The van der Waals surface area contributed by atoms with Crippen molar-refractivity contribution in [2.75, 3.05) is 26.0 Å². The first kappa shape index (κ1) is 25.8. The van der Waals surface area contributed by atoms with Crippen molar-refractivity contribution in [3.63, 3.8) is 0 Å². The van der Waals surface area contributed by atoms with Gasteiger partial charge in [0, 0.05) is 13.1 Å². The monoisotopic (exact) mass is 528 g/mol. The minimum absolute atomic E-state index is 0.115. The van der Waals surface area contributed by atoms with Crippen molar-refractivity contribution in [2.45, 2.75) is 30.4 Å². The molecule has 2 heterocycles. The molecule has 2 aromatic heterocycles. The predicted molar refractivity (Wildman–Crippen MR) is 139 cm³/mol. The number of nitrogens with zero attached hydrogens (tertiary/aromatic N) is 3. The summed E-state index contributed by atoms with van der Waals surface area (Å²) in [6.07, 6.45) is 1.56. The van der Waals surface area contributed by atoms with Crippen molar-refractivity contribution < 1.29 is 22.4 Å². The van der Waals surface area contributed by atoms with Crippen molar-refractivity contribution in [2.24, 2.45) is 0 Å². The number of sulfonamides is 1. The summed E-state index contributed by atoms with van der Waals surface area (Å²) in [5.74, 6) is 1.22. The Labute approximate surface area is 214 Å². The van der Waals surface area contributed by atoms with E-state index in [-0.39, 0.29) is 16.6 Å². The molecule has 0 radical (unpaired) electrons. The van der Waals surface area contributed by atoms with Gasteiger partial charge in [-0.1, -0.05) is 37.7 Å². The smallest absolute Gasteiger partial charge is 0.243 e. The molecule has 1 N–H and O–H groups in total. The zero-order valence-electron chi connectivity index (χ0n) is 20.3. The molecule has 0 saturated carbocycles. The normalized spacial score (nSPS) is 11.8. The number of nitrogens with one attached hydrogen (secondary N) is 1. The molecule has 0 spiro atoms. The highest BCUT2D eigenvalue weighted by Gasteiger charge is 2.24. The summed E-state index contributed by atoms with van der Waals surface area (Å²) in [5.41, 5.74) is 1.95. The Morgan fingerprint density at radius 2 is 1.92 bits per heavy atom. The van der Waals surface area contributed by atoms with E-state index in [1.807, 2.05) is 42.7 Å². The first-order valence-corrected chi connectivity index (χ1v) is 13.9. The van der Waals surface area contributed by atoms with Gasteiger partial charge < -0.3 is 14.5 Å². The van der Waals surface area contributed by atoms with E-state index < -0.39 is 10.0 Å². The standard InChI is InChI=1S/C25H28N4O5S2/c1-4-28(5-2)36(31,32)19-12-13-21-20(15-19)27-25(29(21)22-10-6-7-11-23(22)33-3)35-17-24(30)26-16-18-9-8-14-34-18/h6-15H,4-5,16-17H2,1-3H3,(H,26,30). The third-order valence-corrected chi connectivity index (χ3v) is 8.62. The van der Waals surface area contributed by atoms with Gasteiger partial charge in [0.15, 0.2) is 5.16 Å². The number of benzene rings is 2. The van der Waals surface area contributed by atoms with Gasteiger partial charge in [-0.25, -0.2) is 13.4 Å². The van der Waals surface area contributed by atoms with Gasteiger partial charge in [-0.15, -0.1) is 0 Å². The van der Waals surface area contributed by atoms with E-state index in [4.69, 9.17) is 14.1 Å². The summed E-state index contributed by atoms with van der Waals surface area (Å²) in [4.78, 5) is 17.4. The average molecular weight is 529 g/mol. The molecule has 190 valence electrons. The van der Waals surface area contributed by atoms with Gasteiger partial charge in [-0.05, 0) is 42.5 Å². The fourth-order valence-electron chi connectivity index (χ4n) is 3.84. The SMILES string of the molecule is CCN(CC)S(=O)(=O)c1ccc2c(c1)nc(SCC(=O)NCc1ccco1)n2-c1ccccc1OC. The van der Waals surface area contributed by atoms with Crippen LogP contribution in [0.3, 0.4) is 0 Å². The summed E-state index contributed by atoms with van der Waals surface area (Å²) < 4.78 is 40.3. The van der Waals surface area contributed by atoms with Crippen LogP contribution in [0.1, 0.15) is 19.6 Å². The summed E-state index contributed by atoms with van der Waals surface area (Å²) in [5, 5.41) is 3.37. The lowest BCUT2D eigenvalue weighted by Gasteiger charge is -2.18. The van der Waals surface area contributed by atoms with Crippen LogP contribution in [0.4, 0.5) is 0 Å². The molecular weight excluding hydrogens is 500 g/mol. The number of para-hydroxylation sites is 2. The van der Waals surface area contributed by atoms with Crippen molar-refractivity contribution in [1.82, 2.24) is 19.2 Å². The zero-order chi connectivity index (χ0) is 25.7. The van der Waals surface area contributed by atoms with Crippen LogP contribution in [0.5, 0.6) is 5.75 Å². The number of amides is 1. The van der Waals surface area contributed by atoms with E-state index in [9.17, 15) is 13.2 Å². The molecule has 0 saturated heterocycles. The first-order valence-electron chi connectivity index (χ1n) is 11.5. The Kier molecular flexibility index (Phi) is 8.02. The number of imidazole rings is 1. The molecule has 0 unspecified atom stereocenters. The number of ether oxygens (including phenoxy) is 1. The van der Waals surface area contributed by atoms with Gasteiger partial charge in [0.1, 0.15) is 11.5 Å². The second-order valence-electron chi connectivity index (χ2n) is 7.79. The molecule has 0 atom stereocenters. The topological polar surface area (TPSA) is 107 Å². The van der Waals surface area contributed by atoms with Crippen molar-refractivity contribution in [1.29, 1.82) is 0 Å². The number of hydrogen-bond donors (Lipinski definition) is 1. The summed E-state index contributed by atoms with van der Waals surface area (Å²) in [6, 6.07) is 15.9. The molecule has 4 aromatic rings. The molecule has 11 heteroatoms. The second kappa shape index (κ2) is 11.2. The Morgan fingerprint density at radius 3 is 2.61 bits per heavy atom. The minimum atomic E-state index is -3.65. The number of methoxy groups -OCH3 is 1. The number of fused-ring (bicyclic) bond motifs is 1. The van der Waals surface area contributed by atoms with Crippen LogP contribution in [0.2, 0.25) is 0 Å². The van der Waals surface area contributed by atoms with E-state index in [2.05, 4.69) is 5.32 Å². The number of thioether (sulfide) groups is 1. The van der Waals surface area contributed by atoms with Gasteiger partial charge in [0.05, 0.1) is 47.3 Å². The van der Waals surface area contributed by atoms with Crippen molar-refractivity contribution in [3.8, 4) is 11.4 Å². The van der Waals surface area contributed by atoms with Crippen LogP contribution in [0, 0.1) is 0 Å². The number of aromatic nitrogens is 2. The van der Waals surface area contributed by atoms with E-state index in [1.165, 1.54) is 16.1 Å². The van der Waals surface area contributed by atoms with Crippen LogP contribution >= 0.6 is 11.8 Å². The Balaban J connectivity index is 1.71. The maximum atomic E-state index is 13.1. The highest BCUT2D eigenvalue weighted by atomic mass is 32.2. The number of rotatable bonds is 11. The molecule has 4 rings (SSSR count).